The third-order valence-corrected chi connectivity index (χ3v) is 4.98. The van der Waals surface area contributed by atoms with Crippen molar-refractivity contribution in [1.29, 1.82) is 0 Å². The van der Waals surface area contributed by atoms with E-state index >= 15 is 0 Å². The van der Waals surface area contributed by atoms with Gasteiger partial charge in [0.25, 0.3) is 0 Å². The Morgan fingerprint density at radius 1 is 1.35 bits per heavy atom. The number of halogens is 1. The first-order chi connectivity index (χ1) is 9.32. The molecular formula is C12H13FN2O4S. The molecule has 8 heteroatoms. The van der Waals surface area contributed by atoms with Gasteiger partial charge in [-0.2, -0.15) is 4.31 Å². The number of carbonyl (C=O) groups is 2. The number of sulfonamides is 1. The fraction of sp³-hybridized carbons (Fsp3) is 0.333. The molecule has 0 aromatic heterocycles. The van der Waals surface area contributed by atoms with Crippen LogP contribution in [0.2, 0.25) is 0 Å². The number of benzene rings is 1. The van der Waals surface area contributed by atoms with E-state index in [-0.39, 0.29) is 17.7 Å². The highest BCUT2D eigenvalue weighted by molar-refractivity contribution is 7.89. The maximum absolute atomic E-state index is 13.1. The molecule has 20 heavy (non-hydrogen) atoms. The molecule has 1 fully saturated rings. The van der Waals surface area contributed by atoms with Crippen LogP contribution in [0.1, 0.15) is 12.8 Å². The third-order valence-electron chi connectivity index (χ3n) is 3.12. The number of nitrogens with zero attached hydrogens (tertiary/aromatic N) is 1. The number of imide groups is 1. The zero-order valence-corrected chi connectivity index (χ0v) is 11.5. The lowest BCUT2D eigenvalue weighted by Crippen LogP contribution is -2.52. The molecule has 0 radical (unpaired) electrons. The maximum Gasteiger partial charge on any atom is 0.245 e. The number of carbonyl (C=O) groups excluding carboxylic acids is 2. The van der Waals surface area contributed by atoms with Crippen molar-refractivity contribution in [3.8, 4) is 0 Å². The predicted molar refractivity (Wildman–Crippen MR) is 67.5 cm³/mol. The first kappa shape index (κ1) is 14.6. The molecule has 2 rings (SSSR count). The summed E-state index contributed by atoms with van der Waals surface area (Å²) in [6.45, 7) is 0. The summed E-state index contributed by atoms with van der Waals surface area (Å²) in [7, 11) is -2.75. The summed E-state index contributed by atoms with van der Waals surface area (Å²) in [5.41, 5.74) is 0. The molecule has 0 aliphatic carbocycles. The van der Waals surface area contributed by atoms with Gasteiger partial charge < -0.3 is 0 Å². The van der Waals surface area contributed by atoms with Gasteiger partial charge in [-0.1, -0.05) is 6.07 Å². The number of hydrogen-bond acceptors (Lipinski definition) is 4. The summed E-state index contributed by atoms with van der Waals surface area (Å²) in [5.74, 6) is -1.77. The highest BCUT2D eigenvalue weighted by atomic mass is 32.2. The van der Waals surface area contributed by atoms with Gasteiger partial charge in [0.15, 0.2) is 0 Å². The molecule has 1 heterocycles. The average molecular weight is 300 g/mol. The minimum Gasteiger partial charge on any atom is -0.295 e. The Kier molecular flexibility index (Phi) is 3.87. The Morgan fingerprint density at radius 2 is 2.05 bits per heavy atom. The van der Waals surface area contributed by atoms with Gasteiger partial charge in [-0.25, -0.2) is 12.8 Å². The Morgan fingerprint density at radius 3 is 2.65 bits per heavy atom. The molecule has 1 N–H and O–H groups in total. The molecule has 1 aromatic rings. The number of hydrogen-bond donors (Lipinski definition) is 1. The summed E-state index contributed by atoms with van der Waals surface area (Å²) >= 11 is 0. The maximum atomic E-state index is 13.1. The van der Waals surface area contributed by atoms with Gasteiger partial charge in [-0.05, 0) is 24.6 Å². The van der Waals surface area contributed by atoms with Gasteiger partial charge in [0.1, 0.15) is 11.9 Å². The summed E-state index contributed by atoms with van der Waals surface area (Å²) in [6, 6.07) is 3.57. The number of likely N-dealkylation sites (N-methyl/N-ethyl adjacent to an activating group) is 1. The van der Waals surface area contributed by atoms with E-state index in [1.165, 1.54) is 19.2 Å². The molecule has 0 bridgehead atoms. The molecule has 0 spiro atoms. The second-order valence-electron chi connectivity index (χ2n) is 4.45. The first-order valence-corrected chi connectivity index (χ1v) is 7.33. The molecule has 2 amide bonds. The second kappa shape index (κ2) is 5.29. The fourth-order valence-electron chi connectivity index (χ4n) is 1.99. The summed E-state index contributed by atoms with van der Waals surface area (Å²) < 4.78 is 38.6. The van der Waals surface area contributed by atoms with Gasteiger partial charge in [-0.3, -0.25) is 14.9 Å². The van der Waals surface area contributed by atoms with Gasteiger partial charge in [-0.15, -0.1) is 0 Å². The second-order valence-corrected chi connectivity index (χ2v) is 6.44. The van der Waals surface area contributed by atoms with E-state index in [9.17, 15) is 22.4 Å². The Hall–Kier alpha value is -1.80. The van der Waals surface area contributed by atoms with Crippen LogP contribution in [0.3, 0.4) is 0 Å². The largest absolute Gasteiger partial charge is 0.295 e. The Bertz CT molecular complexity index is 659. The average Bonchev–Trinajstić information content (AvgIpc) is 2.38. The standard InChI is InChI=1S/C12H13FN2O4S/c1-15(10-5-6-11(16)14-12(10)17)20(18,19)9-4-2-3-8(13)7-9/h2-4,7,10H,5-6H2,1H3,(H,14,16,17). The molecule has 1 atom stereocenters. The molecule has 1 aliphatic heterocycles. The minimum atomic E-state index is -3.99. The van der Waals surface area contributed by atoms with E-state index in [2.05, 4.69) is 5.32 Å². The summed E-state index contributed by atoms with van der Waals surface area (Å²) in [5, 5.41) is 2.09. The zero-order chi connectivity index (χ0) is 14.9. The first-order valence-electron chi connectivity index (χ1n) is 5.89. The molecular weight excluding hydrogens is 287 g/mol. The van der Waals surface area contributed by atoms with Crippen molar-refractivity contribution < 1.29 is 22.4 Å². The van der Waals surface area contributed by atoms with Crippen LogP contribution in [0.15, 0.2) is 29.2 Å². The van der Waals surface area contributed by atoms with Crippen LogP contribution >= 0.6 is 0 Å². The molecule has 1 aliphatic rings. The molecule has 1 saturated heterocycles. The molecule has 108 valence electrons. The topological polar surface area (TPSA) is 83.6 Å². The van der Waals surface area contributed by atoms with Crippen LogP contribution in [0, 0.1) is 5.82 Å². The van der Waals surface area contributed by atoms with E-state index in [0.29, 0.717) is 0 Å². The van der Waals surface area contributed by atoms with Crippen molar-refractivity contribution in [3.63, 3.8) is 0 Å². The minimum absolute atomic E-state index is 0.0689. The zero-order valence-electron chi connectivity index (χ0n) is 10.7. The third kappa shape index (κ3) is 2.70. The Balaban J connectivity index is 2.30. The quantitative estimate of drug-likeness (QED) is 0.811. The molecule has 0 saturated carbocycles. The normalized spacial score (nSPS) is 20.1. The highest BCUT2D eigenvalue weighted by Crippen LogP contribution is 2.21. The van der Waals surface area contributed by atoms with Gasteiger partial charge >= 0.3 is 0 Å². The van der Waals surface area contributed by atoms with Gasteiger partial charge in [0.05, 0.1) is 4.90 Å². The predicted octanol–water partition coefficient (Wildman–Crippen LogP) is 0.251. The van der Waals surface area contributed by atoms with Crippen LogP contribution in [-0.4, -0.2) is 37.6 Å². The van der Waals surface area contributed by atoms with Crippen molar-refractivity contribution in [2.75, 3.05) is 7.05 Å². The summed E-state index contributed by atoms with van der Waals surface area (Å²) in [4.78, 5) is 22.5. The van der Waals surface area contributed by atoms with E-state index in [0.717, 1.165) is 16.4 Å². The highest BCUT2D eigenvalue weighted by Gasteiger charge is 2.36. The van der Waals surface area contributed by atoms with Crippen molar-refractivity contribution >= 4 is 21.8 Å². The fourth-order valence-corrected chi connectivity index (χ4v) is 3.37. The number of piperidine rings is 1. The van der Waals surface area contributed by atoms with E-state index < -0.39 is 33.7 Å². The van der Waals surface area contributed by atoms with E-state index in [1.54, 1.807) is 0 Å². The van der Waals surface area contributed by atoms with Crippen molar-refractivity contribution in [1.82, 2.24) is 9.62 Å². The van der Waals surface area contributed by atoms with Crippen LogP contribution in [0.5, 0.6) is 0 Å². The SMILES string of the molecule is CN(C1CCC(=O)NC1=O)S(=O)(=O)c1cccc(F)c1. The Labute approximate surface area is 115 Å². The molecule has 6 nitrogen and oxygen atoms in total. The van der Waals surface area contributed by atoms with Crippen LogP contribution in [0.25, 0.3) is 0 Å². The number of nitrogens with one attached hydrogen (secondary N) is 1. The van der Waals surface area contributed by atoms with Gasteiger partial charge in [0, 0.05) is 13.5 Å². The lowest BCUT2D eigenvalue weighted by molar-refractivity contribution is -0.135. The monoisotopic (exact) mass is 300 g/mol. The number of amides is 2. The van der Waals surface area contributed by atoms with Crippen molar-refractivity contribution in [3.05, 3.63) is 30.1 Å². The molecule has 1 unspecified atom stereocenters. The summed E-state index contributed by atoms with van der Waals surface area (Å²) in [6.07, 6.45) is 0.176. The lowest BCUT2D eigenvalue weighted by Gasteiger charge is -2.28. The van der Waals surface area contributed by atoms with E-state index in [4.69, 9.17) is 0 Å². The van der Waals surface area contributed by atoms with Crippen LogP contribution in [-0.2, 0) is 19.6 Å². The van der Waals surface area contributed by atoms with Crippen molar-refractivity contribution in [2.24, 2.45) is 0 Å². The lowest BCUT2D eigenvalue weighted by atomic mass is 10.1. The molecule has 1 aromatic carbocycles. The van der Waals surface area contributed by atoms with Crippen LogP contribution in [0.4, 0.5) is 4.39 Å². The van der Waals surface area contributed by atoms with E-state index in [1.807, 2.05) is 0 Å². The van der Waals surface area contributed by atoms with Gasteiger partial charge in [0.2, 0.25) is 21.8 Å². The van der Waals surface area contributed by atoms with Crippen molar-refractivity contribution in [2.45, 2.75) is 23.8 Å². The number of rotatable bonds is 3. The van der Waals surface area contributed by atoms with Crippen LogP contribution < -0.4 is 5.32 Å². The smallest absolute Gasteiger partial charge is 0.245 e.